The Hall–Kier alpha value is -1.25. The molecule has 0 bridgehead atoms. The summed E-state index contributed by atoms with van der Waals surface area (Å²) in [4.78, 5) is 3.88. The van der Waals surface area contributed by atoms with Gasteiger partial charge in [0.05, 0.1) is 6.61 Å². The average molecular weight is 152 g/mol. The van der Waals surface area contributed by atoms with Gasteiger partial charge in [0.2, 0.25) is 0 Å². The van der Waals surface area contributed by atoms with E-state index in [2.05, 4.69) is 4.98 Å². The fraction of sp³-hybridized carbons (Fsp3) is 0.375. The maximum atomic E-state index is 5.53. The van der Waals surface area contributed by atoms with Crippen LogP contribution in [0.5, 0.6) is 5.75 Å². The maximum absolute atomic E-state index is 5.53. The second-order valence-corrected chi connectivity index (χ2v) is 2.24. The van der Waals surface area contributed by atoms with E-state index in [1.54, 1.807) is 12.3 Å². The molecule has 0 fully saturated rings. The van der Waals surface area contributed by atoms with Gasteiger partial charge in [-0.25, -0.2) is 4.98 Å². The molecular formula is C8H12N2O. The van der Waals surface area contributed by atoms with Crippen LogP contribution in [-0.2, 0) is 0 Å². The first-order chi connectivity index (χ1) is 5.34. The lowest BCUT2D eigenvalue weighted by molar-refractivity contribution is 0.318. The van der Waals surface area contributed by atoms with Crippen LogP contribution in [0.25, 0.3) is 0 Å². The van der Waals surface area contributed by atoms with Gasteiger partial charge in [-0.05, 0) is 18.6 Å². The van der Waals surface area contributed by atoms with Crippen LogP contribution in [0.4, 0.5) is 5.82 Å². The first-order valence-electron chi connectivity index (χ1n) is 3.68. The van der Waals surface area contributed by atoms with Crippen LogP contribution < -0.4 is 10.5 Å². The van der Waals surface area contributed by atoms with Crippen molar-refractivity contribution >= 4 is 5.82 Å². The summed E-state index contributed by atoms with van der Waals surface area (Å²) in [6.07, 6.45) is 2.63. The summed E-state index contributed by atoms with van der Waals surface area (Å²) in [5.74, 6) is 1.13. The van der Waals surface area contributed by atoms with E-state index in [1.807, 2.05) is 13.0 Å². The van der Waals surface area contributed by atoms with Crippen molar-refractivity contribution in [2.75, 3.05) is 12.3 Å². The number of nitrogen functional groups attached to an aromatic ring is 1. The number of hydrogen-bond donors (Lipinski definition) is 1. The fourth-order valence-corrected chi connectivity index (χ4v) is 0.737. The average Bonchev–Trinajstić information content (AvgIpc) is 2.03. The van der Waals surface area contributed by atoms with Crippen molar-refractivity contribution in [2.45, 2.75) is 13.3 Å². The molecule has 0 atom stereocenters. The minimum Gasteiger partial charge on any atom is -0.490 e. The maximum Gasteiger partial charge on any atom is 0.166 e. The lowest BCUT2D eigenvalue weighted by atomic mass is 10.4. The zero-order valence-electron chi connectivity index (χ0n) is 6.58. The normalized spacial score (nSPS) is 9.55. The molecule has 0 aliphatic carbocycles. The highest BCUT2D eigenvalue weighted by molar-refractivity contribution is 5.44. The monoisotopic (exact) mass is 152 g/mol. The smallest absolute Gasteiger partial charge is 0.166 e. The van der Waals surface area contributed by atoms with Crippen molar-refractivity contribution in [3.8, 4) is 5.75 Å². The van der Waals surface area contributed by atoms with E-state index in [1.165, 1.54) is 0 Å². The molecule has 0 unspecified atom stereocenters. The molecule has 0 spiro atoms. The Kier molecular flexibility index (Phi) is 2.72. The standard InChI is InChI=1S/C8H12N2O/c1-2-6-11-7-4-3-5-10-8(7)9/h3-5H,2,6H2,1H3,(H2,9,10). The fourth-order valence-electron chi connectivity index (χ4n) is 0.737. The first kappa shape index (κ1) is 7.85. The van der Waals surface area contributed by atoms with Gasteiger partial charge in [0.25, 0.3) is 0 Å². The van der Waals surface area contributed by atoms with Gasteiger partial charge in [-0.15, -0.1) is 0 Å². The number of anilines is 1. The van der Waals surface area contributed by atoms with Gasteiger partial charge in [0, 0.05) is 6.20 Å². The Morgan fingerprint density at radius 1 is 1.64 bits per heavy atom. The summed E-state index contributed by atoms with van der Waals surface area (Å²) >= 11 is 0. The molecule has 0 saturated heterocycles. The number of aromatic nitrogens is 1. The summed E-state index contributed by atoms with van der Waals surface area (Å²) in [5.41, 5.74) is 5.53. The number of nitrogens with two attached hydrogens (primary N) is 1. The van der Waals surface area contributed by atoms with E-state index >= 15 is 0 Å². The topological polar surface area (TPSA) is 48.1 Å². The molecule has 3 heteroatoms. The van der Waals surface area contributed by atoms with Gasteiger partial charge in [-0.2, -0.15) is 0 Å². The molecule has 60 valence electrons. The summed E-state index contributed by atoms with van der Waals surface area (Å²) in [6, 6.07) is 3.62. The van der Waals surface area contributed by atoms with Crippen LogP contribution >= 0.6 is 0 Å². The van der Waals surface area contributed by atoms with E-state index in [0.29, 0.717) is 18.2 Å². The van der Waals surface area contributed by atoms with Crippen LogP contribution in [0.2, 0.25) is 0 Å². The molecule has 0 aromatic carbocycles. The van der Waals surface area contributed by atoms with Gasteiger partial charge in [-0.1, -0.05) is 6.92 Å². The zero-order valence-corrected chi connectivity index (χ0v) is 6.58. The highest BCUT2D eigenvalue weighted by Gasteiger charge is 1.96. The Balaban J connectivity index is 2.62. The SMILES string of the molecule is CCCOc1cccnc1N. The Labute approximate surface area is 66.2 Å². The van der Waals surface area contributed by atoms with Gasteiger partial charge in [0.1, 0.15) is 0 Å². The van der Waals surface area contributed by atoms with Crippen LogP contribution in [-0.4, -0.2) is 11.6 Å². The van der Waals surface area contributed by atoms with Gasteiger partial charge in [0.15, 0.2) is 11.6 Å². The van der Waals surface area contributed by atoms with E-state index in [0.717, 1.165) is 6.42 Å². The van der Waals surface area contributed by atoms with Crippen molar-refractivity contribution in [3.63, 3.8) is 0 Å². The molecule has 3 nitrogen and oxygen atoms in total. The molecule has 1 heterocycles. The van der Waals surface area contributed by atoms with Crippen molar-refractivity contribution in [2.24, 2.45) is 0 Å². The van der Waals surface area contributed by atoms with Crippen LogP contribution in [0.1, 0.15) is 13.3 Å². The van der Waals surface area contributed by atoms with Crippen molar-refractivity contribution in [1.29, 1.82) is 0 Å². The Morgan fingerprint density at radius 3 is 3.09 bits per heavy atom. The molecule has 1 rings (SSSR count). The zero-order chi connectivity index (χ0) is 8.10. The second kappa shape index (κ2) is 3.81. The largest absolute Gasteiger partial charge is 0.490 e. The molecule has 2 N–H and O–H groups in total. The minimum absolute atomic E-state index is 0.459. The Bertz CT molecular complexity index is 225. The third-order valence-corrected chi connectivity index (χ3v) is 1.26. The third-order valence-electron chi connectivity index (χ3n) is 1.26. The number of nitrogens with zero attached hydrogens (tertiary/aromatic N) is 1. The molecule has 0 saturated carbocycles. The summed E-state index contributed by atoms with van der Waals surface area (Å²) in [7, 11) is 0. The predicted octanol–water partition coefficient (Wildman–Crippen LogP) is 1.45. The molecule has 0 amide bonds. The molecular weight excluding hydrogens is 140 g/mol. The van der Waals surface area contributed by atoms with Crippen LogP contribution in [0, 0.1) is 0 Å². The lowest BCUT2D eigenvalue weighted by Gasteiger charge is -2.04. The Morgan fingerprint density at radius 2 is 2.45 bits per heavy atom. The molecule has 1 aromatic heterocycles. The summed E-state index contributed by atoms with van der Waals surface area (Å²) < 4.78 is 5.30. The summed E-state index contributed by atoms with van der Waals surface area (Å²) in [5, 5.41) is 0. The highest BCUT2D eigenvalue weighted by atomic mass is 16.5. The van der Waals surface area contributed by atoms with Gasteiger partial charge >= 0.3 is 0 Å². The van der Waals surface area contributed by atoms with Crippen molar-refractivity contribution < 1.29 is 4.74 Å². The number of pyridine rings is 1. The molecule has 0 radical (unpaired) electrons. The molecule has 0 aliphatic heterocycles. The van der Waals surface area contributed by atoms with Gasteiger partial charge in [-0.3, -0.25) is 0 Å². The third kappa shape index (κ3) is 2.11. The summed E-state index contributed by atoms with van der Waals surface area (Å²) in [6.45, 7) is 2.74. The quantitative estimate of drug-likeness (QED) is 0.713. The molecule has 1 aromatic rings. The molecule has 11 heavy (non-hydrogen) atoms. The van der Waals surface area contributed by atoms with Crippen LogP contribution in [0.3, 0.4) is 0 Å². The lowest BCUT2D eigenvalue weighted by Crippen LogP contribution is -1.99. The van der Waals surface area contributed by atoms with E-state index in [-0.39, 0.29) is 0 Å². The van der Waals surface area contributed by atoms with Crippen molar-refractivity contribution in [3.05, 3.63) is 18.3 Å². The van der Waals surface area contributed by atoms with E-state index in [4.69, 9.17) is 10.5 Å². The minimum atomic E-state index is 0.459. The van der Waals surface area contributed by atoms with Crippen LogP contribution in [0.15, 0.2) is 18.3 Å². The number of rotatable bonds is 3. The second-order valence-electron chi connectivity index (χ2n) is 2.24. The number of ether oxygens (including phenoxy) is 1. The van der Waals surface area contributed by atoms with Gasteiger partial charge < -0.3 is 10.5 Å². The van der Waals surface area contributed by atoms with E-state index < -0.39 is 0 Å². The van der Waals surface area contributed by atoms with E-state index in [9.17, 15) is 0 Å². The number of hydrogen-bond acceptors (Lipinski definition) is 3. The predicted molar refractivity (Wildman–Crippen MR) is 44.4 cm³/mol. The molecule has 0 aliphatic rings. The van der Waals surface area contributed by atoms with Crippen molar-refractivity contribution in [1.82, 2.24) is 4.98 Å². The highest BCUT2D eigenvalue weighted by Crippen LogP contribution is 2.16. The first-order valence-corrected chi connectivity index (χ1v) is 3.68.